The summed E-state index contributed by atoms with van der Waals surface area (Å²) in [5, 5.41) is 13.1. The van der Waals surface area contributed by atoms with Crippen molar-refractivity contribution in [1.82, 2.24) is 5.32 Å². The predicted octanol–water partition coefficient (Wildman–Crippen LogP) is 3.02. The third-order valence-corrected chi connectivity index (χ3v) is 3.63. The normalized spacial score (nSPS) is 17.0. The molecule has 1 unspecified atom stereocenters. The summed E-state index contributed by atoms with van der Waals surface area (Å²) in [6, 6.07) is 7.88. The zero-order valence-electron chi connectivity index (χ0n) is 12.5. The van der Waals surface area contributed by atoms with Gasteiger partial charge in [0.1, 0.15) is 0 Å². The van der Waals surface area contributed by atoms with Crippen LogP contribution >= 0.6 is 0 Å². The summed E-state index contributed by atoms with van der Waals surface area (Å²) in [5.41, 5.74) is 3.09. The zero-order valence-corrected chi connectivity index (χ0v) is 12.5. The van der Waals surface area contributed by atoms with Crippen molar-refractivity contribution in [2.24, 2.45) is 0 Å². The number of hydrogen-bond acceptors (Lipinski definition) is 3. The monoisotopic (exact) mass is 285 g/mol. The number of aliphatic hydroxyl groups is 1. The molecule has 112 valence electrons. The first kappa shape index (κ1) is 15.7. The highest BCUT2D eigenvalue weighted by molar-refractivity contribution is 5.91. The SMILES string of the molecule is CCNCC(O)c1ccc(C=CC2=CC(=O)CCC2)cc1. The van der Waals surface area contributed by atoms with E-state index in [0.717, 1.165) is 36.1 Å². The van der Waals surface area contributed by atoms with Crippen LogP contribution in [0.4, 0.5) is 0 Å². The zero-order chi connectivity index (χ0) is 15.1. The van der Waals surface area contributed by atoms with Crippen molar-refractivity contribution in [1.29, 1.82) is 0 Å². The van der Waals surface area contributed by atoms with Crippen molar-refractivity contribution in [3.05, 3.63) is 53.1 Å². The third-order valence-electron chi connectivity index (χ3n) is 3.63. The molecule has 21 heavy (non-hydrogen) atoms. The Morgan fingerprint density at radius 1 is 1.24 bits per heavy atom. The largest absolute Gasteiger partial charge is 0.387 e. The van der Waals surface area contributed by atoms with E-state index < -0.39 is 6.10 Å². The van der Waals surface area contributed by atoms with E-state index in [9.17, 15) is 9.90 Å². The van der Waals surface area contributed by atoms with Crippen LogP contribution in [0.1, 0.15) is 43.4 Å². The van der Waals surface area contributed by atoms with Crippen molar-refractivity contribution >= 4 is 11.9 Å². The standard InChI is InChI=1S/C18H23NO2/c1-2-19-13-18(21)16-10-8-14(9-11-16)6-7-15-4-3-5-17(20)12-15/h6-12,18-19,21H,2-5,13H2,1H3. The van der Waals surface area contributed by atoms with Crippen LogP contribution in [0, 0.1) is 0 Å². The first-order valence-electron chi connectivity index (χ1n) is 7.59. The second-order valence-electron chi connectivity index (χ2n) is 5.36. The molecule has 0 spiro atoms. The number of carbonyl (C=O) groups excluding carboxylic acids is 1. The maximum absolute atomic E-state index is 11.3. The summed E-state index contributed by atoms with van der Waals surface area (Å²) in [4.78, 5) is 11.3. The first-order valence-corrected chi connectivity index (χ1v) is 7.59. The fraction of sp³-hybridized carbons (Fsp3) is 0.389. The van der Waals surface area contributed by atoms with E-state index in [2.05, 4.69) is 5.32 Å². The summed E-state index contributed by atoms with van der Waals surface area (Å²) in [7, 11) is 0. The van der Waals surface area contributed by atoms with Gasteiger partial charge in [-0.05, 0) is 42.2 Å². The highest BCUT2D eigenvalue weighted by Gasteiger charge is 2.08. The number of rotatable bonds is 6. The molecule has 0 bridgehead atoms. The minimum absolute atomic E-state index is 0.225. The van der Waals surface area contributed by atoms with Gasteiger partial charge in [-0.15, -0.1) is 0 Å². The molecule has 3 nitrogen and oxygen atoms in total. The fourth-order valence-electron chi connectivity index (χ4n) is 2.38. The Kier molecular flexibility index (Phi) is 5.90. The van der Waals surface area contributed by atoms with E-state index in [1.807, 2.05) is 43.3 Å². The summed E-state index contributed by atoms with van der Waals surface area (Å²) >= 11 is 0. The average Bonchev–Trinajstić information content (AvgIpc) is 2.51. The van der Waals surface area contributed by atoms with Crippen molar-refractivity contribution < 1.29 is 9.90 Å². The van der Waals surface area contributed by atoms with E-state index in [1.165, 1.54) is 0 Å². The molecule has 2 rings (SSSR count). The van der Waals surface area contributed by atoms with Crippen molar-refractivity contribution in [2.45, 2.75) is 32.3 Å². The molecule has 0 aromatic heterocycles. The van der Waals surface area contributed by atoms with E-state index in [-0.39, 0.29) is 5.78 Å². The Morgan fingerprint density at radius 3 is 2.67 bits per heavy atom. The molecule has 0 heterocycles. The lowest BCUT2D eigenvalue weighted by Gasteiger charge is -2.11. The molecule has 0 fully saturated rings. The number of allylic oxidation sites excluding steroid dienone is 3. The highest BCUT2D eigenvalue weighted by Crippen LogP contribution is 2.18. The van der Waals surface area contributed by atoms with Crippen LogP contribution in [0.3, 0.4) is 0 Å². The summed E-state index contributed by atoms with van der Waals surface area (Å²) in [6.45, 7) is 3.44. The molecule has 1 aromatic rings. The van der Waals surface area contributed by atoms with Gasteiger partial charge in [-0.1, -0.05) is 43.3 Å². The lowest BCUT2D eigenvalue weighted by molar-refractivity contribution is -0.115. The van der Waals surface area contributed by atoms with Crippen LogP contribution in [0.5, 0.6) is 0 Å². The van der Waals surface area contributed by atoms with Crippen LogP contribution in [0.15, 0.2) is 42.0 Å². The number of likely N-dealkylation sites (N-methyl/N-ethyl adjacent to an activating group) is 1. The maximum atomic E-state index is 11.3. The van der Waals surface area contributed by atoms with Gasteiger partial charge in [-0.2, -0.15) is 0 Å². The molecule has 0 aliphatic heterocycles. The van der Waals surface area contributed by atoms with Gasteiger partial charge in [0.2, 0.25) is 0 Å². The molecule has 3 heteroatoms. The molecule has 0 saturated carbocycles. The molecule has 0 amide bonds. The number of benzene rings is 1. The maximum Gasteiger partial charge on any atom is 0.155 e. The number of carbonyl (C=O) groups is 1. The molecule has 1 aliphatic carbocycles. The van der Waals surface area contributed by atoms with Gasteiger partial charge in [0, 0.05) is 13.0 Å². The number of aliphatic hydroxyl groups excluding tert-OH is 1. The lowest BCUT2D eigenvalue weighted by Crippen LogP contribution is -2.20. The van der Waals surface area contributed by atoms with Gasteiger partial charge in [-0.25, -0.2) is 0 Å². The molecular formula is C18H23NO2. The van der Waals surface area contributed by atoms with Gasteiger partial charge in [-0.3, -0.25) is 4.79 Å². The van der Waals surface area contributed by atoms with E-state index in [0.29, 0.717) is 13.0 Å². The number of ketones is 1. The highest BCUT2D eigenvalue weighted by atomic mass is 16.3. The van der Waals surface area contributed by atoms with Gasteiger partial charge in [0.25, 0.3) is 0 Å². The lowest BCUT2D eigenvalue weighted by atomic mass is 9.97. The van der Waals surface area contributed by atoms with Crippen LogP contribution in [0.25, 0.3) is 6.08 Å². The quantitative estimate of drug-likeness (QED) is 0.844. The van der Waals surface area contributed by atoms with Gasteiger partial charge < -0.3 is 10.4 Å². The molecule has 0 radical (unpaired) electrons. The third kappa shape index (κ3) is 4.96. The topological polar surface area (TPSA) is 49.3 Å². The minimum atomic E-state index is -0.471. The summed E-state index contributed by atoms with van der Waals surface area (Å²) < 4.78 is 0. The minimum Gasteiger partial charge on any atom is -0.387 e. The fourth-order valence-corrected chi connectivity index (χ4v) is 2.38. The number of nitrogens with one attached hydrogen (secondary N) is 1. The van der Waals surface area contributed by atoms with E-state index >= 15 is 0 Å². The smallest absolute Gasteiger partial charge is 0.155 e. The molecule has 2 N–H and O–H groups in total. The van der Waals surface area contributed by atoms with Crippen molar-refractivity contribution in [2.75, 3.05) is 13.1 Å². The Bertz CT molecular complexity index is 529. The van der Waals surface area contributed by atoms with Gasteiger partial charge in [0.15, 0.2) is 5.78 Å². The van der Waals surface area contributed by atoms with Crippen LogP contribution in [-0.2, 0) is 4.79 Å². The second-order valence-corrected chi connectivity index (χ2v) is 5.36. The molecule has 1 aliphatic rings. The summed E-state index contributed by atoms with van der Waals surface area (Å²) in [5.74, 6) is 0.225. The molecular weight excluding hydrogens is 262 g/mol. The Labute approximate surface area is 126 Å². The summed E-state index contributed by atoms with van der Waals surface area (Å²) in [6.07, 6.45) is 7.91. The van der Waals surface area contributed by atoms with Crippen LogP contribution in [-0.4, -0.2) is 24.0 Å². The molecule has 0 saturated heterocycles. The molecule has 1 aromatic carbocycles. The van der Waals surface area contributed by atoms with E-state index in [1.54, 1.807) is 6.08 Å². The average molecular weight is 285 g/mol. The Hall–Kier alpha value is -1.71. The Balaban J connectivity index is 1.97. The van der Waals surface area contributed by atoms with Gasteiger partial charge in [0.05, 0.1) is 6.10 Å². The van der Waals surface area contributed by atoms with Gasteiger partial charge >= 0.3 is 0 Å². The Morgan fingerprint density at radius 2 is 2.00 bits per heavy atom. The van der Waals surface area contributed by atoms with E-state index in [4.69, 9.17) is 0 Å². The first-order chi connectivity index (χ1) is 10.2. The van der Waals surface area contributed by atoms with Crippen LogP contribution in [0.2, 0.25) is 0 Å². The molecule has 1 atom stereocenters. The van der Waals surface area contributed by atoms with Crippen LogP contribution < -0.4 is 5.32 Å². The predicted molar refractivity (Wildman–Crippen MR) is 85.9 cm³/mol. The van der Waals surface area contributed by atoms with Crippen molar-refractivity contribution in [3.63, 3.8) is 0 Å². The second kappa shape index (κ2) is 7.91. The number of hydrogen-bond donors (Lipinski definition) is 2. The van der Waals surface area contributed by atoms with Crippen molar-refractivity contribution in [3.8, 4) is 0 Å².